The molecule has 0 fully saturated rings. The number of nitrogens with two attached hydrogens (primary N) is 1. The highest BCUT2D eigenvalue weighted by molar-refractivity contribution is 5.80. The van der Waals surface area contributed by atoms with Gasteiger partial charge in [-0.25, -0.2) is 0 Å². The van der Waals surface area contributed by atoms with Gasteiger partial charge in [0.1, 0.15) is 5.84 Å². The van der Waals surface area contributed by atoms with Crippen LogP contribution in [0.15, 0.2) is 29.4 Å². The molecule has 0 bridgehead atoms. The first-order valence-electron chi connectivity index (χ1n) is 6.01. The molecule has 94 valence electrons. The minimum absolute atomic E-state index is 0.193. The topological polar surface area (TPSA) is 70.6 Å². The zero-order valence-corrected chi connectivity index (χ0v) is 10.5. The van der Waals surface area contributed by atoms with E-state index >= 15 is 0 Å². The maximum atomic E-state index is 8.55. The maximum Gasteiger partial charge on any atom is 0.141 e. The molecule has 0 aliphatic rings. The van der Waals surface area contributed by atoms with Gasteiger partial charge >= 0.3 is 0 Å². The zero-order valence-electron chi connectivity index (χ0n) is 10.5. The van der Waals surface area contributed by atoms with Gasteiger partial charge in [0, 0.05) is 18.2 Å². The fraction of sp³-hybridized carbons (Fsp3) is 0.462. The predicted molar refractivity (Wildman–Crippen MR) is 71.5 cm³/mol. The second-order valence-corrected chi connectivity index (χ2v) is 4.10. The maximum absolute atomic E-state index is 8.55. The molecule has 0 spiro atoms. The van der Waals surface area contributed by atoms with Crippen molar-refractivity contribution in [2.45, 2.75) is 39.2 Å². The van der Waals surface area contributed by atoms with Crippen molar-refractivity contribution in [1.29, 1.82) is 0 Å². The van der Waals surface area contributed by atoms with Crippen molar-refractivity contribution in [1.82, 2.24) is 0 Å². The van der Waals surface area contributed by atoms with E-state index in [4.69, 9.17) is 10.9 Å². The summed E-state index contributed by atoms with van der Waals surface area (Å²) in [4.78, 5) is 0. The number of oxime groups is 1. The molecule has 0 heterocycles. The lowest BCUT2D eigenvalue weighted by atomic mass is 10.1. The molecule has 0 saturated carbocycles. The van der Waals surface area contributed by atoms with E-state index in [-0.39, 0.29) is 11.9 Å². The van der Waals surface area contributed by atoms with Crippen molar-refractivity contribution in [2.75, 3.05) is 5.32 Å². The van der Waals surface area contributed by atoms with Crippen LogP contribution >= 0.6 is 0 Å². The molecule has 4 N–H and O–H groups in total. The van der Waals surface area contributed by atoms with Gasteiger partial charge in [-0.3, -0.25) is 0 Å². The summed E-state index contributed by atoms with van der Waals surface area (Å²) in [5.74, 6) is 0.259. The van der Waals surface area contributed by atoms with E-state index in [9.17, 15) is 0 Å². The van der Waals surface area contributed by atoms with Crippen molar-refractivity contribution >= 4 is 11.5 Å². The Kier molecular flexibility index (Phi) is 5.33. The zero-order chi connectivity index (χ0) is 12.7. The van der Waals surface area contributed by atoms with Crippen LogP contribution in [0.25, 0.3) is 0 Å². The van der Waals surface area contributed by atoms with E-state index in [1.807, 2.05) is 0 Å². The van der Waals surface area contributed by atoms with Crippen LogP contribution in [0.2, 0.25) is 0 Å². The SMILES string of the molecule is CCc1ccc(NC(CC)CC(N)=NO)cc1. The van der Waals surface area contributed by atoms with E-state index in [1.54, 1.807) is 0 Å². The summed E-state index contributed by atoms with van der Waals surface area (Å²) in [6.45, 7) is 4.21. The number of nitrogens with zero attached hydrogens (tertiary/aromatic N) is 1. The highest BCUT2D eigenvalue weighted by Gasteiger charge is 2.08. The monoisotopic (exact) mass is 235 g/mol. The number of benzene rings is 1. The Hall–Kier alpha value is -1.71. The van der Waals surface area contributed by atoms with E-state index in [2.05, 4.69) is 48.6 Å². The smallest absolute Gasteiger partial charge is 0.141 e. The number of rotatable bonds is 6. The molecule has 0 radical (unpaired) electrons. The largest absolute Gasteiger partial charge is 0.409 e. The van der Waals surface area contributed by atoms with Crippen molar-refractivity contribution < 1.29 is 5.21 Å². The van der Waals surface area contributed by atoms with E-state index in [1.165, 1.54) is 5.56 Å². The molecule has 4 nitrogen and oxygen atoms in total. The van der Waals surface area contributed by atoms with Gasteiger partial charge < -0.3 is 16.3 Å². The van der Waals surface area contributed by atoms with Crippen molar-refractivity contribution in [2.24, 2.45) is 10.9 Å². The molecule has 17 heavy (non-hydrogen) atoms. The number of nitrogens with one attached hydrogen (secondary N) is 1. The Bertz CT molecular complexity index is 359. The molecule has 0 saturated heterocycles. The lowest BCUT2D eigenvalue weighted by Crippen LogP contribution is -2.26. The fourth-order valence-corrected chi connectivity index (χ4v) is 1.66. The Morgan fingerprint density at radius 2 is 2.00 bits per heavy atom. The number of anilines is 1. The Labute approximate surface area is 103 Å². The van der Waals surface area contributed by atoms with Gasteiger partial charge in [-0.05, 0) is 30.5 Å². The number of hydrogen-bond donors (Lipinski definition) is 3. The summed E-state index contributed by atoms with van der Waals surface area (Å²) in [7, 11) is 0. The molecular formula is C13H21N3O. The molecule has 4 heteroatoms. The van der Waals surface area contributed by atoms with Crippen LogP contribution in [0, 0.1) is 0 Å². The molecule has 0 aliphatic carbocycles. The molecular weight excluding hydrogens is 214 g/mol. The van der Waals surface area contributed by atoms with Crippen LogP contribution in [0.5, 0.6) is 0 Å². The van der Waals surface area contributed by atoms with Crippen LogP contribution in [0.3, 0.4) is 0 Å². The third kappa shape index (κ3) is 4.34. The van der Waals surface area contributed by atoms with Crippen molar-refractivity contribution in [3.63, 3.8) is 0 Å². The van der Waals surface area contributed by atoms with Gasteiger partial charge in [-0.15, -0.1) is 0 Å². The summed E-state index contributed by atoms with van der Waals surface area (Å²) in [5, 5.41) is 14.9. The minimum Gasteiger partial charge on any atom is -0.409 e. The van der Waals surface area contributed by atoms with Gasteiger partial charge in [0.2, 0.25) is 0 Å². The van der Waals surface area contributed by atoms with Crippen LogP contribution < -0.4 is 11.1 Å². The number of hydrogen-bond acceptors (Lipinski definition) is 3. The second kappa shape index (κ2) is 6.78. The summed E-state index contributed by atoms with van der Waals surface area (Å²) >= 11 is 0. The Balaban J connectivity index is 2.60. The second-order valence-electron chi connectivity index (χ2n) is 4.10. The molecule has 1 aromatic carbocycles. The first-order valence-corrected chi connectivity index (χ1v) is 6.01. The quantitative estimate of drug-likeness (QED) is 0.307. The molecule has 1 rings (SSSR count). The Morgan fingerprint density at radius 1 is 1.35 bits per heavy atom. The fourth-order valence-electron chi connectivity index (χ4n) is 1.66. The Morgan fingerprint density at radius 3 is 2.47 bits per heavy atom. The molecule has 0 amide bonds. The third-order valence-corrected chi connectivity index (χ3v) is 2.81. The molecule has 1 aromatic rings. The highest BCUT2D eigenvalue weighted by atomic mass is 16.4. The molecule has 0 aliphatic heterocycles. The summed E-state index contributed by atoms with van der Waals surface area (Å²) < 4.78 is 0. The van der Waals surface area contributed by atoms with Gasteiger partial charge in [0.05, 0.1) is 0 Å². The minimum atomic E-state index is 0.193. The van der Waals surface area contributed by atoms with Gasteiger partial charge in [-0.1, -0.05) is 31.1 Å². The van der Waals surface area contributed by atoms with Crippen LogP contribution in [0.4, 0.5) is 5.69 Å². The van der Waals surface area contributed by atoms with E-state index in [0.717, 1.165) is 18.5 Å². The first-order chi connectivity index (χ1) is 8.19. The average molecular weight is 235 g/mol. The summed E-state index contributed by atoms with van der Waals surface area (Å²) in [5.41, 5.74) is 7.90. The lowest BCUT2D eigenvalue weighted by Gasteiger charge is -2.17. The predicted octanol–water partition coefficient (Wildman–Crippen LogP) is 2.58. The average Bonchev–Trinajstić information content (AvgIpc) is 2.38. The molecule has 1 unspecified atom stereocenters. The van der Waals surface area contributed by atoms with Crippen molar-refractivity contribution in [3.8, 4) is 0 Å². The normalized spacial score (nSPS) is 13.4. The van der Waals surface area contributed by atoms with E-state index in [0.29, 0.717) is 6.42 Å². The summed E-state index contributed by atoms with van der Waals surface area (Å²) in [6, 6.07) is 8.54. The van der Waals surface area contributed by atoms with Crippen molar-refractivity contribution in [3.05, 3.63) is 29.8 Å². The highest BCUT2D eigenvalue weighted by Crippen LogP contribution is 2.13. The molecule has 0 aromatic heterocycles. The van der Waals surface area contributed by atoms with Gasteiger partial charge in [0.15, 0.2) is 0 Å². The van der Waals surface area contributed by atoms with Crippen LogP contribution in [-0.2, 0) is 6.42 Å². The summed E-state index contributed by atoms with van der Waals surface area (Å²) in [6.07, 6.45) is 2.51. The lowest BCUT2D eigenvalue weighted by molar-refractivity contribution is 0.316. The van der Waals surface area contributed by atoms with Crippen LogP contribution in [0.1, 0.15) is 32.3 Å². The van der Waals surface area contributed by atoms with Gasteiger partial charge in [0.25, 0.3) is 0 Å². The van der Waals surface area contributed by atoms with Gasteiger partial charge in [-0.2, -0.15) is 0 Å². The standard InChI is InChI=1S/C13H21N3O/c1-3-10-5-7-12(8-6-10)15-11(4-2)9-13(14)16-17/h5-8,11,15,17H,3-4,9H2,1-2H3,(H2,14,16). The third-order valence-electron chi connectivity index (χ3n) is 2.81. The van der Waals surface area contributed by atoms with E-state index < -0.39 is 0 Å². The first kappa shape index (κ1) is 13.4. The number of aryl methyl sites for hydroxylation is 1. The van der Waals surface area contributed by atoms with Crippen LogP contribution in [-0.4, -0.2) is 17.1 Å². The molecule has 1 atom stereocenters. The number of amidine groups is 1.